The molecule has 0 fully saturated rings. The van der Waals surface area contributed by atoms with E-state index in [1.807, 2.05) is 28.2 Å². The van der Waals surface area contributed by atoms with Gasteiger partial charge in [-0.2, -0.15) is 4.74 Å². The molecule has 49 heavy (non-hydrogen) atoms. The minimum atomic E-state index is -0.791. The molecule has 0 bridgehead atoms. The molecule has 0 saturated heterocycles. The van der Waals surface area contributed by atoms with Crippen LogP contribution in [0, 0.1) is 7.11 Å². The Balaban J connectivity index is -0.000000547. The molecule has 2 aromatic rings. The Bertz CT molecular complexity index is 1160. The molecule has 2 aromatic heterocycles. The van der Waals surface area contributed by atoms with Gasteiger partial charge in [0, 0.05) is 88.5 Å². The van der Waals surface area contributed by atoms with Gasteiger partial charge in [-0.15, -0.1) is 0 Å². The van der Waals surface area contributed by atoms with E-state index in [4.69, 9.17) is 35.2 Å². The van der Waals surface area contributed by atoms with Crippen LogP contribution in [-0.4, -0.2) is 145 Å². The number of ketones is 2. The van der Waals surface area contributed by atoms with E-state index in [1.165, 1.54) is 67.9 Å². The Labute approximate surface area is 288 Å². The van der Waals surface area contributed by atoms with Gasteiger partial charge in [-0.25, -0.2) is 19.9 Å². The van der Waals surface area contributed by atoms with Crippen LogP contribution in [0.1, 0.15) is 29.4 Å². The average Bonchev–Trinajstić information content (AvgIpc) is 3.07. The van der Waals surface area contributed by atoms with Gasteiger partial charge in [0.2, 0.25) is 43.7 Å². The van der Waals surface area contributed by atoms with Crippen LogP contribution in [0.25, 0.3) is 0 Å². The first kappa shape index (κ1) is 49.2. The number of Topliss-reactive ketones (excluding diaryl/α,β-unsaturated/α-hetero) is 1. The second-order valence-corrected chi connectivity index (χ2v) is 9.17. The van der Waals surface area contributed by atoms with Crippen LogP contribution in [0.3, 0.4) is 0 Å². The summed E-state index contributed by atoms with van der Waals surface area (Å²) >= 11 is 0. The Morgan fingerprint density at radius 1 is 0.776 bits per heavy atom. The lowest BCUT2D eigenvalue weighted by Gasteiger charge is -2.15. The van der Waals surface area contributed by atoms with Gasteiger partial charge in [0.1, 0.15) is 11.4 Å². The third-order valence-electron chi connectivity index (χ3n) is 4.91. The van der Waals surface area contributed by atoms with Crippen LogP contribution in [-0.2, 0) is 47.5 Å². The Morgan fingerprint density at radius 2 is 1.27 bits per heavy atom. The van der Waals surface area contributed by atoms with E-state index in [-0.39, 0.29) is 29.9 Å². The molecule has 0 aliphatic heterocycles. The van der Waals surface area contributed by atoms with Crippen molar-refractivity contribution in [2.24, 2.45) is 0 Å². The fourth-order valence-electron chi connectivity index (χ4n) is 2.80. The van der Waals surface area contributed by atoms with Crippen LogP contribution < -0.4 is 11.5 Å². The number of nitrogens with two attached hydrogens (primary N) is 2. The molecule has 0 saturated carbocycles. The first-order chi connectivity index (χ1) is 23.2. The minimum absolute atomic E-state index is 0.116. The zero-order valence-corrected chi connectivity index (χ0v) is 30.4. The highest BCUT2D eigenvalue weighted by Crippen LogP contribution is 2.13. The molecule has 278 valence electrons. The zero-order chi connectivity index (χ0) is 38.4. The lowest BCUT2D eigenvalue weighted by molar-refractivity contribution is -0.166. The summed E-state index contributed by atoms with van der Waals surface area (Å²) < 4.78 is 38.0. The summed E-state index contributed by atoms with van der Waals surface area (Å²) in [7, 11) is 20.9. The van der Waals surface area contributed by atoms with Crippen molar-refractivity contribution in [3.8, 4) is 0 Å². The second kappa shape index (κ2) is 31.1. The van der Waals surface area contributed by atoms with E-state index in [9.17, 15) is 14.4 Å². The lowest BCUT2D eigenvalue weighted by Crippen LogP contribution is -2.30. The van der Waals surface area contributed by atoms with Crippen molar-refractivity contribution >= 4 is 29.7 Å². The van der Waals surface area contributed by atoms with Crippen molar-refractivity contribution in [1.82, 2.24) is 29.7 Å². The molecular weight excluding hydrogens is 648 g/mol. The first-order valence-electron chi connectivity index (χ1n) is 13.9. The Kier molecular flexibility index (Phi) is 31.2. The summed E-state index contributed by atoms with van der Waals surface area (Å²) in [5.74, 6) is 0.0231. The monoisotopic (exact) mass is 701 g/mol. The Morgan fingerprint density at radius 3 is 1.53 bits per heavy atom. The highest BCUT2D eigenvalue weighted by molar-refractivity contribution is 5.92. The highest BCUT2D eigenvalue weighted by Gasteiger charge is 2.13. The molecule has 19 heteroatoms. The summed E-state index contributed by atoms with van der Waals surface area (Å²) in [5.41, 5.74) is 11.5. The van der Waals surface area contributed by atoms with Crippen molar-refractivity contribution in [2.45, 2.75) is 32.2 Å². The number of carbonyl (C=O) groups excluding carboxylic acids is 3. The molecule has 0 amide bonds. The molecule has 0 aliphatic rings. The molecule has 0 radical (unpaired) electrons. The van der Waals surface area contributed by atoms with Crippen LogP contribution in [0.4, 0.5) is 11.9 Å². The molecule has 0 aromatic carbocycles. The van der Waals surface area contributed by atoms with E-state index in [0.717, 1.165) is 0 Å². The first-order valence-corrected chi connectivity index (χ1v) is 13.9. The van der Waals surface area contributed by atoms with Crippen molar-refractivity contribution in [3.05, 3.63) is 55.3 Å². The average molecular weight is 702 g/mol. The van der Waals surface area contributed by atoms with Crippen LogP contribution in [0.5, 0.6) is 0 Å². The minimum Gasteiger partial charge on any atom is -0.383 e. The fraction of sp³-hybridized carbons (Fsp3) is 0.533. The number of aldehydes is 1. The van der Waals surface area contributed by atoms with Crippen LogP contribution in [0.2, 0.25) is 0 Å². The maximum Gasteiger partial charge on any atom is 0.265 e. The van der Waals surface area contributed by atoms with E-state index in [0.29, 0.717) is 17.7 Å². The van der Waals surface area contributed by atoms with Crippen molar-refractivity contribution in [1.29, 1.82) is 0 Å². The molecule has 0 aliphatic carbocycles. The number of methoxy groups -OCH3 is 7. The zero-order valence-electron chi connectivity index (χ0n) is 30.4. The summed E-state index contributed by atoms with van der Waals surface area (Å²) in [4.78, 5) is 49.9. The molecule has 1 atom stereocenters. The van der Waals surface area contributed by atoms with Crippen LogP contribution >= 0.6 is 0 Å². The maximum atomic E-state index is 11.1. The van der Waals surface area contributed by atoms with Gasteiger partial charge in [0.05, 0.1) is 0 Å². The third-order valence-corrected chi connectivity index (χ3v) is 4.91. The number of aromatic nitrogens is 4. The number of ether oxygens (including phenoxy) is 8. The van der Waals surface area contributed by atoms with Gasteiger partial charge in [0.25, 0.3) is 6.41 Å². The van der Waals surface area contributed by atoms with Gasteiger partial charge in [0.15, 0.2) is 12.1 Å². The SMILES string of the molecule is COC(OC)C(=O)/C=C/N(C)C.COC(OC)C(C)=O.COC(OC)c1ccnc(N)n1.Nc1nccc(C=O)n1.[CH2+]OC(OC)N(C)C. The molecule has 19 nitrogen and oxygen atoms in total. The normalized spacial score (nSPS) is 10.9. The molecule has 4 N–H and O–H groups in total. The van der Waals surface area contributed by atoms with Crippen molar-refractivity contribution < 1.29 is 52.3 Å². The second-order valence-electron chi connectivity index (χ2n) is 9.17. The molecular formula is C30H53N8O11+. The summed E-state index contributed by atoms with van der Waals surface area (Å²) in [6.45, 7) is 1.41. The summed E-state index contributed by atoms with van der Waals surface area (Å²) in [6, 6.07) is 3.18. The third kappa shape index (κ3) is 25.5. The fourth-order valence-corrected chi connectivity index (χ4v) is 2.80. The van der Waals surface area contributed by atoms with Gasteiger partial charge >= 0.3 is 0 Å². The molecule has 0 spiro atoms. The largest absolute Gasteiger partial charge is 0.383 e. The summed E-state index contributed by atoms with van der Waals surface area (Å²) in [6.07, 6.45) is 4.40. The topological polar surface area (TPSA) is 235 Å². The number of carbonyl (C=O) groups is 3. The number of nitrogen functional groups attached to an aromatic ring is 2. The van der Waals surface area contributed by atoms with Crippen LogP contribution in [0.15, 0.2) is 36.8 Å². The number of nitrogens with zero attached hydrogens (tertiary/aromatic N) is 6. The van der Waals surface area contributed by atoms with Gasteiger partial charge in [-0.3, -0.25) is 19.3 Å². The van der Waals surface area contributed by atoms with Gasteiger partial charge < -0.3 is 49.5 Å². The summed E-state index contributed by atoms with van der Waals surface area (Å²) in [5, 5.41) is 0. The predicted molar refractivity (Wildman–Crippen MR) is 180 cm³/mol. The number of hydrogen-bond donors (Lipinski definition) is 2. The number of rotatable bonds is 15. The van der Waals surface area contributed by atoms with Gasteiger partial charge in [-0.05, 0) is 33.2 Å². The quantitative estimate of drug-likeness (QED) is 0.114. The van der Waals surface area contributed by atoms with E-state index in [1.54, 1.807) is 35.4 Å². The standard InChI is InChI=1S/C8H15NO3.C7H11N3O2.C5H5N3O.C5H12NO2.C5H10O3/c1-9(2)6-5-7(10)8(11-3)12-4;1-11-6(12-2)5-3-4-9-7(8)10-5;6-5-7-2-1-4(3-9)8-5;1-6(2)5(7-3)8-4;1-4(6)5(7-2)8-3/h5-6,8H,1-4H3;3-4,6H,1-2H3,(H2,8,9,10);1-3H,(H2,6,7,8);5H,3H2,1-2,4H3;5H,1-3H3/q;;;+1;/b6-5+;;;;. The number of hydrogen-bond acceptors (Lipinski definition) is 19. The highest BCUT2D eigenvalue weighted by atomic mass is 16.7. The van der Waals surface area contributed by atoms with Crippen molar-refractivity contribution in [2.75, 3.05) is 89.4 Å². The lowest BCUT2D eigenvalue weighted by atomic mass is 10.3. The Hall–Kier alpha value is -4.18. The van der Waals surface area contributed by atoms with E-state index >= 15 is 0 Å². The van der Waals surface area contributed by atoms with E-state index in [2.05, 4.69) is 41.3 Å². The van der Waals surface area contributed by atoms with Crippen molar-refractivity contribution in [3.63, 3.8) is 0 Å². The predicted octanol–water partition coefficient (Wildman–Crippen LogP) is 0.952. The molecule has 1 unspecified atom stereocenters. The molecule has 2 rings (SSSR count). The molecule has 2 heterocycles. The number of anilines is 2. The van der Waals surface area contributed by atoms with Gasteiger partial charge in [-0.1, -0.05) is 0 Å². The smallest absolute Gasteiger partial charge is 0.265 e. The van der Waals surface area contributed by atoms with E-state index < -0.39 is 18.9 Å². The maximum absolute atomic E-state index is 11.1.